The van der Waals surface area contributed by atoms with Gasteiger partial charge >= 0.3 is 0 Å². The number of aldehydes is 1. The van der Waals surface area contributed by atoms with Crippen LogP contribution in [0.5, 0.6) is 0 Å². The Morgan fingerprint density at radius 3 is 2.86 bits per heavy atom. The highest BCUT2D eigenvalue weighted by atomic mass is 35.5. The van der Waals surface area contributed by atoms with Crippen LogP contribution in [-0.4, -0.2) is 6.29 Å². The van der Waals surface area contributed by atoms with Crippen LogP contribution in [0.2, 0.25) is 5.02 Å². The van der Waals surface area contributed by atoms with Crippen LogP contribution < -0.4 is 0 Å². The Kier molecular flexibility index (Phi) is 2.51. The van der Waals surface area contributed by atoms with E-state index >= 15 is 0 Å². The fourth-order valence-electron chi connectivity index (χ4n) is 1.52. The molecule has 0 fully saturated rings. The van der Waals surface area contributed by atoms with Crippen LogP contribution in [-0.2, 0) is 11.2 Å². The zero-order valence-electron chi connectivity index (χ0n) is 7.53. The second-order valence-electron chi connectivity index (χ2n) is 3.17. The van der Waals surface area contributed by atoms with Gasteiger partial charge in [-0.1, -0.05) is 41.9 Å². The van der Waals surface area contributed by atoms with E-state index in [1.54, 1.807) is 0 Å². The van der Waals surface area contributed by atoms with E-state index in [2.05, 4.69) is 0 Å². The molecule has 70 valence electrons. The molecule has 0 heterocycles. The minimum atomic E-state index is 0.461. The van der Waals surface area contributed by atoms with Gasteiger partial charge in [0.25, 0.3) is 0 Å². The van der Waals surface area contributed by atoms with Crippen molar-refractivity contribution in [2.45, 2.75) is 6.42 Å². The van der Waals surface area contributed by atoms with E-state index in [1.165, 1.54) is 0 Å². The predicted molar refractivity (Wildman–Crippen MR) is 58.7 cm³/mol. The van der Waals surface area contributed by atoms with Crippen LogP contribution >= 0.6 is 11.6 Å². The van der Waals surface area contributed by atoms with Crippen molar-refractivity contribution in [3.63, 3.8) is 0 Å². The lowest BCUT2D eigenvalue weighted by atomic mass is 10.1. The quantitative estimate of drug-likeness (QED) is 0.687. The van der Waals surface area contributed by atoms with Crippen LogP contribution in [0, 0.1) is 0 Å². The normalized spacial score (nSPS) is 10.4. The summed E-state index contributed by atoms with van der Waals surface area (Å²) in [4.78, 5) is 10.4. The lowest BCUT2D eigenvalue weighted by molar-refractivity contribution is -0.107. The number of hydrogen-bond acceptors (Lipinski definition) is 1. The van der Waals surface area contributed by atoms with Crippen LogP contribution in [0.1, 0.15) is 5.56 Å². The Labute approximate surface area is 87.3 Å². The number of benzene rings is 2. The molecule has 0 amide bonds. The molecule has 0 spiro atoms. The molecule has 0 unspecified atom stereocenters. The van der Waals surface area contributed by atoms with Crippen LogP contribution in [0.4, 0.5) is 0 Å². The van der Waals surface area contributed by atoms with E-state index in [0.29, 0.717) is 6.42 Å². The molecule has 2 heteroatoms. The number of carbonyl (C=O) groups excluding carboxylic acids is 1. The smallest absolute Gasteiger partial charge is 0.124 e. The third-order valence-electron chi connectivity index (χ3n) is 2.21. The summed E-state index contributed by atoms with van der Waals surface area (Å²) in [5.74, 6) is 0. The second-order valence-corrected chi connectivity index (χ2v) is 3.57. The van der Waals surface area contributed by atoms with E-state index in [-0.39, 0.29) is 0 Å². The number of fused-ring (bicyclic) bond motifs is 1. The Balaban J connectivity index is 2.61. The van der Waals surface area contributed by atoms with Crippen molar-refractivity contribution < 1.29 is 4.79 Å². The number of hydrogen-bond donors (Lipinski definition) is 0. The molecule has 0 N–H and O–H groups in total. The molecule has 0 aliphatic carbocycles. The summed E-state index contributed by atoms with van der Waals surface area (Å²) in [6.07, 6.45) is 1.37. The van der Waals surface area contributed by atoms with Crippen LogP contribution in [0.3, 0.4) is 0 Å². The van der Waals surface area contributed by atoms with Crippen molar-refractivity contribution in [1.82, 2.24) is 0 Å². The first-order valence-electron chi connectivity index (χ1n) is 4.42. The van der Waals surface area contributed by atoms with Gasteiger partial charge < -0.3 is 4.79 Å². The summed E-state index contributed by atoms with van der Waals surface area (Å²) < 4.78 is 0. The highest BCUT2D eigenvalue weighted by Crippen LogP contribution is 2.23. The van der Waals surface area contributed by atoms with Crippen molar-refractivity contribution in [2.75, 3.05) is 0 Å². The molecule has 0 saturated heterocycles. The molecule has 2 aromatic carbocycles. The number of carbonyl (C=O) groups is 1. The minimum absolute atomic E-state index is 0.461. The second kappa shape index (κ2) is 3.81. The Morgan fingerprint density at radius 1 is 1.21 bits per heavy atom. The van der Waals surface area contributed by atoms with Gasteiger partial charge in [0.05, 0.1) is 0 Å². The first kappa shape index (κ1) is 9.22. The molecule has 0 radical (unpaired) electrons. The molecular weight excluding hydrogens is 196 g/mol. The first-order chi connectivity index (χ1) is 6.81. The van der Waals surface area contributed by atoms with Crippen molar-refractivity contribution in [3.8, 4) is 0 Å². The molecular formula is C12H9ClO. The molecule has 0 saturated carbocycles. The van der Waals surface area contributed by atoms with Gasteiger partial charge in [-0.05, 0) is 17.0 Å². The highest BCUT2D eigenvalue weighted by Gasteiger charge is 1.99. The van der Waals surface area contributed by atoms with Crippen molar-refractivity contribution in [2.24, 2.45) is 0 Å². The monoisotopic (exact) mass is 204 g/mol. The lowest BCUT2D eigenvalue weighted by Gasteiger charge is -2.01. The lowest BCUT2D eigenvalue weighted by Crippen LogP contribution is -1.85. The zero-order chi connectivity index (χ0) is 9.97. The summed E-state index contributed by atoms with van der Waals surface area (Å²) in [7, 11) is 0. The van der Waals surface area contributed by atoms with Gasteiger partial charge in [0, 0.05) is 16.8 Å². The van der Waals surface area contributed by atoms with E-state index in [0.717, 1.165) is 27.6 Å². The van der Waals surface area contributed by atoms with E-state index in [4.69, 9.17) is 11.6 Å². The molecule has 0 atom stereocenters. The van der Waals surface area contributed by atoms with E-state index in [9.17, 15) is 4.79 Å². The van der Waals surface area contributed by atoms with Gasteiger partial charge in [-0.25, -0.2) is 0 Å². The molecule has 2 rings (SSSR count). The molecule has 0 aliphatic rings. The average molecular weight is 205 g/mol. The average Bonchev–Trinajstić information content (AvgIpc) is 2.18. The molecule has 1 nitrogen and oxygen atoms in total. The maximum Gasteiger partial charge on any atom is 0.124 e. The first-order valence-corrected chi connectivity index (χ1v) is 4.80. The Morgan fingerprint density at radius 2 is 2.07 bits per heavy atom. The summed E-state index contributed by atoms with van der Waals surface area (Å²) in [6.45, 7) is 0. The largest absolute Gasteiger partial charge is 0.303 e. The van der Waals surface area contributed by atoms with Crippen molar-refractivity contribution in [3.05, 3.63) is 47.0 Å². The third kappa shape index (κ3) is 1.64. The standard InChI is InChI=1S/C12H9ClO/c13-12-3-1-2-10-8-9(6-7-14)4-5-11(10)12/h1-5,7-8H,6H2. The fraction of sp³-hybridized carbons (Fsp3) is 0.0833. The molecule has 2 aromatic rings. The SMILES string of the molecule is O=CCc1ccc2c(Cl)cccc2c1. The number of rotatable bonds is 2. The third-order valence-corrected chi connectivity index (χ3v) is 2.54. The maximum absolute atomic E-state index is 10.4. The molecule has 0 aliphatic heterocycles. The summed E-state index contributed by atoms with van der Waals surface area (Å²) in [5, 5.41) is 2.86. The predicted octanol–water partition coefficient (Wildman–Crippen LogP) is 3.23. The minimum Gasteiger partial charge on any atom is -0.303 e. The summed E-state index contributed by atoms with van der Waals surface area (Å²) in [5.41, 5.74) is 1.02. The molecule has 14 heavy (non-hydrogen) atoms. The summed E-state index contributed by atoms with van der Waals surface area (Å²) in [6, 6.07) is 11.7. The Bertz CT molecular complexity index is 477. The van der Waals surface area contributed by atoms with Crippen molar-refractivity contribution >= 4 is 28.7 Å². The van der Waals surface area contributed by atoms with Gasteiger partial charge in [0.1, 0.15) is 6.29 Å². The molecule has 0 bridgehead atoms. The zero-order valence-corrected chi connectivity index (χ0v) is 8.29. The highest BCUT2D eigenvalue weighted by molar-refractivity contribution is 6.35. The van der Waals surface area contributed by atoms with Crippen LogP contribution in [0.15, 0.2) is 36.4 Å². The van der Waals surface area contributed by atoms with Gasteiger partial charge in [0.2, 0.25) is 0 Å². The number of halogens is 1. The van der Waals surface area contributed by atoms with Crippen molar-refractivity contribution in [1.29, 1.82) is 0 Å². The molecule has 0 aromatic heterocycles. The topological polar surface area (TPSA) is 17.1 Å². The van der Waals surface area contributed by atoms with E-state index < -0.39 is 0 Å². The summed E-state index contributed by atoms with van der Waals surface area (Å²) >= 11 is 6.02. The van der Waals surface area contributed by atoms with Gasteiger partial charge in [0.15, 0.2) is 0 Å². The van der Waals surface area contributed by atoms with E-state index in [1.807, 2.05) is 36.4 Å². The Hall–Kier alpha value is -1.34. The fourth-order valence-corrected chi connectivity index (χ4v) is 1.76. The van der Waals surface area contributed by atoms with Gasteiger partial charge in [-0.3, -0.25) is 0 Å². The maximum atomic E-state index is 10.4. The van der Waals surface area contributed by atoms with Crippen LogP contribution in [0.25, 0.3) is 10.8 Å². The van der Waals surface area contributed by atoms with Gasteiger partial charge in [-0.2, -0.15) is 0 Å². The van der Waals surface area contributed by atoms with Gasteiger partial charge in [-0.15, -0.1) is 0 Å².